The highest BCUT2D eigenvalue weighted by Crippen LogP contribution is 2.16. The molecule has 0 aliphatic carbocycles. The van der Waals surface area contributed by atoms with Crippen molar-refractivity contribution in [2.24, 2.45) is 0 Å². The van der Waals surface area contributed by atoms with Crippen LogP contribution in [-0.4, -0.2) is 37.2 Å². The normalized spacial score (nSPS) is 12.1. The number of rotatable bonds is 54. The first kappa shape index (κ1) is 63.9. The summed E-state index contributed by atoms with van der Waals surface area (Å²) in [6.07, 6.45) is 64.5. The standard InChI is InChI=1S/C60H112O6/c1-4-7-10-13-16-19-22-25-28-31-34-37-40-43-46-49-52-58(61)64-55-57(66-60(63)54-51-48-45-42-39-36-33-30-27-24-21-18-15-12-9-6-3)56-65-59(62)53-50-47-44-41-38-35-32-29-26-23-20-17-14-11-8-5-2/h28,30-31,33,57H,4-27,29,32,34-56H2,1-3H3/b31-28-,33-30-/t57-/m0/s1. The number of carbonyl (C=O) groups is 3. The van der Waals surface area contributed by atoms with E-state index in [-0.39, 0.29) is 31.1 Å². The van der Waals surface area contributed by atoms with Crippen molar-refractivity contribution in [3.05, 3.63) is 24.3 Å². The van der Waals surface area contributed by atoms with Crippen LogP contribution in [0, 0.1) is 0 Å². The van der Waals surface area contributed by atoms with Gasteiger partial charge in [0.05, 0.1) is 0 Å². The maximum atomic E-state index is 12.8. The summed E-state index contributed by atoms with van der Waals surface area (Å²) < 4.78 is 16.9. The summed E-state index contributed by atoms with van der Waals surface area (Å²) in [7, 11) is 0. The molecule has 0 saturated heterocycles. The maximum absolute atomic E-state index is 12.8. The van der Waals surface area contributed by atoms with Crippen LogP contribution in [0.25, 0.3) is 0 Å². The van der Waals surface area contributed by atoms with Crippen LogP contribution in [0.5, 0.6) is 0 Å². The van der Waals surface area contributed by atoms with Crippen LogP contribution in [0.2, 0.25) is 0 Å². The molecule has 0 spiro atoms. The van der Waals surface area contributed by atoms with Gasteiger partial charge >= 0.3 is 17.9 Å². The molecule has 388 valence electrons. The fraction of sp³-hybridized carbons (Fsp3) is 0.883. The van der Waals surface area contributed by atoms with Gasteiger partial charge in [-0.25, -0.2) is 0 Å². The lowest BCUT2D eigenvalue weighted by Gasteiger charge is -2.18. The summed E-state index contributed by atoms with van der Waals surface area (Å²) in [4.78, 5) is 38.2. The van der Waals surface area contributed by atoms with Gasteiger partial charge in [-0.05, 0) is 70.6 Å². The Morgan fingerprint density at radius 1 is 0.288 bits per heavy atom. The first-order valence-corrected chi connectivity index (χ1v) is 29.3. The van der Waals surface area contributed by atoms with E-state index in [1.165, 1.54) is 212 Å². The first-order valence-electron chi connectivity index (χ1n) is 29.3. The monoisotopic (exact) mass is 929 g/mol. The molecule has 0 aliphatic rings. The SMILES string of the molecule is CCCCCCCCC/C=C\CCCCCCCC(=O)OC[C@@H](COC(=O)CCCCCCCCCCCCCCCCCC)OC(=O)CCCCCCC/C=C\CCCCCCCCC. The van der Waals surface area contributed by atoms with E-state index < -0.39 is 6.10 Å². The summed E-state index contributed by atoms with van der Waals surface area (Å²) in [5.41, 5.74) is 0. The van der Waals surface area contributed by atoms with Gasteiger partial charge in [-0.3, -0.25) is 14.4 Å². The van der Waals surface area contributed by atoms with Crippen LogP contribution in [0.4, 0.5) is 0 Å². The highest BCUT2D eigenvalue weighted by molar-refractivity contribution is 5.71. The molecule has 0 bridgehead atoms. The summed E-state index contributed by atoms with van der Waals surface area (Å²) in [5, 5.41) is 0. The summed E-state index contributed by atoms with van der Waals surface area (Å²) in [5.74, 6) is -0.869. The Kier molecular flexibility index (Phi) is 53.7. The van der Waals surface area contributed by atoms with Crippen molar-refractivity contribution in [2.45, 2.75) is 329 Å². The van der Waals surface area contributed by atoms with Crippen molar-refractivity contribution in [3.8, 4) is 0 Å². The van der Waals surface area contributed by atoms with Crippen molar-refractivity contribution < 1.29 is 28.6 Å². The van der Waals surface area contributed by atoms with E-state index in [1.54, 1.807) is 0 Å². The van der Waals surface area contributed by atoms with Gasteiger partial charge < -0.3 is 14.2 Å². The number of allylic oxidation sites excluding steroid dienone is 4. The molecule has 6 heteroatoms. The zero-order valence-electron chi connectivity index (χ0n) is 44.5. The van der Waals surface area contributed by atoms with Gasteiger partial charge in [0.15, 0.2) is 6.10 Å². The first-order chi connectivity index (χ1) is 32.5. The van der Waals surface area contributed by atoms with Crippen LogP contribution < -0.4 is 0 Å². The number of hydrogen-bond acceptors (Lipinski definition) is 6. The van der Waals surface area contributed by atoms with E-state index in [0.29, 0.717) is 19.3 Å². The number of carbonyl (C=O) groups excluding carboxylic acids is 3. The van der Waals surface area contributed by atoms with Gasteiger partial charge in [-0.15, -0.1) is 0 Å². The lowest BCUT2D eigenvalue weighted by Crippen LogP contribution is -2.30. The molecule has 1 atom stereocenters. The van der Waals surface area contributed by atoms with Crippen molar-refractivity contribution in [1.29, 1.82) is 0 Å². The second-order valence-corrected chi connectivity index (χ2v) is 19.9. The molecular formula is C60H112O6. The number of hydrogen-bond donors (Lipinski definition) is 0. The van der Waals surface area contributed by atoms with Gasteiger partial charge in [0, 0.05) is 19.3 Å². The quantitative estimate of drug-likeness (QED) is 0.0262. The third kappa shape index (κ3) is 52.9. The van der Waals surface area contributed by atoms with Gasteiger partial charge in [0.25, 0.3) is 0 Å². The van der Waals surface area contributed by atoms with Crippen LogP contribution >= 0.6 is 0 Å². The molecule has 0 radical (unpaired) electrons. The Labute approximate surface area is 411 Å². The zero-order chi connectivity index (χ0) is 47.9. The molecular weight excluding hydrogens is 817 g/mol. The second-order valence-electron chi connectivity index (χ2n) is 19.9. The van der Waals surface area contributed by atoms with Gasteiger partial charge in [0.2, 0.25) is 0 Å². The second kappa shape index (κ2) is 55.5. The van der Waals surface area contributed by atoms with E-state index in [1.807, 2.05) is 0 Å². The van der Waals surface area contributed by atoms with E-state index in [4.69, 9.17) is 14.2 Å². The van der Waals surface area contributed by atoms with E-state index >= 15 is 0 Å². The Bertz CT molecular complexity index is 1070. The Morgan fingerprint density at radius 3 is 0.758 bits per heavy atom. The third-order valence-electron chi connectivity index (χ3n) is 13.2. The van der Waals surface area contributed by atoms with E-state index in [9.17, 15) is 14.4 Å². The number of unbranched alkanes of at least 4 members (excludes halogenated alkanes) is 39. The Morgan fingerprint density at radius 2 is 0.500 bits per heavy atom. The van der Waals surface area contributed by atoms with E-state index in [0.717, 1.165) is 70.6 Å². The highest BCUT2D eigenvalue weighted by Gasteiger charge is 2.19. The fourth-order valence-electron chi connectivity index (χ4n) is 8.73. The zero-order valence-corrected chi connectivity index (χ0v) is 44.5. The Balaban J connectivity index is 4.35. The summed E-state index contributed by atoms with van der Waals surface area (Å²) in [6.45, 7) is 6.67. The molecule has 0 heterocycles. The molecule has 0 amide bonds. The largest absolute Gasteiger partial charge is 0.462 e. The van der Waals surface area contributed by atoms with Crippen molar-refractivity contribution >= 4 is 17.9 Å². The molecule has 0 aliphatic heterocycles. The van der Waals surface area contributed by atoms with Crippen molar-refractivity contribution in [1.82, 2.24) is 0 Å². The summed E-state index contributed by atoms with van der Waals surface area (Å²) >= 11 is 0. The predicted molar refractivity (Wildman–Crippen MR) is 284 cm³/mol. The molecule has 0 unspecified atom stereocenters. The van der Waals surface area contributed by atoms with Crippen LogP contribution in [0.3, 0.4) is 0 Å². The smallest absolute Gasteiger partial charge is 0.306 e. The lowest BCUT2D eigenvalue weighted by atomic mass is 10.0. The molecule has 0 saturated carbocycles. The number of ether oxygens (including phenoxy) is 3. The van der Waals surface area contributed by atoms with Crippen molar-refractivity contribution in [3.63, 3.8) is 0 Å². The molecule has 0 N–H and O–H groups in total. The third-order valence-corrected chi connectivity index (χ3v) is 13.2. The number of esters is 3. The molecule has 0 rings (SSSR count). The maximum Gasteiger partial charge on any atom is 0.306 e. The molecule has 6 nitrogen and oxygen atoms in total. The van der Waals surface area contributed by atoms with Crippen LogP contribution in [0.1, 0.15) is 323 Å². The van der Waals surface area contributed by atoms with Crippen LogP contribution in [0.15, 0.2) is 24.3 Å². The average Bonchev–Trinajstić information content (AvgIpc) is 3.31. The minimum atomic E-state index is -0.775. The van der Waals surface area contributed by atoms with Crippen molar-refractivity contribution in [2.75, 3.05) is 13.2 Å². The fourth-order valence-corrected chi connectivity index (χ4v) is 8.73. The van der Waals surface area contributed by atoms with Gasteiger partial charge in [0.1, 0.15) is 13.2 Å². The van der Waals surface area contributed by atoms with Gasteiger partial charge in [-0.2, -0.15) is 0 Å². The average molecular weight is 930 g/mol. The molecule has 0 aromatic carbocycles. The molecule has 66 heavy (non-hydrogen) atoms. The minimum Gasteiger partial charge on any atom is -0.462 e. The molecule has 0 aromatic heterocycles. The Hall–Kier alpha value is -2.11. The van der Waals surface area contributed by atoms with Gasteiger partial charge in [-0.1, -0.05) is 257 Å². The summed E-state index contributed by atoms with van der Waals surface area (Å²) in [6, 6.07) is 0. The highest BCUT2D eigenvalue weighted by atomic mass is 16.6. The minimum absolute atomic E-state index is 0.0727. The lowest BCUT2D eigenvalue weighted by molar-refractivity contribution is -0.167. The topological polar surface area (TPSA) is 78.9 Å². The van der Waals surface area contributed by atoms with E-state index in [2.05, 4.69) is 45.1 Å². The molecule has 0 fully saturated rings. The predicted octanol–water partition coefficient (Wildman–Crippen LogP) is 19.5. The molecule has 0 aromatic rings. The van der Waals surface area contributed by atoms with Crippen LogP contribution in [-0.2, 0) is 28.6 Å².